The quantitative estimate of drug-likeness (QED) is 0.689. The van der Waals surface area contributed by atoms with Crippen molar-refractivity contribution in [2.45, 2.75) is 41.0 Å². The van der Waals surface area contributed by atoms with Crippen LogP contribution in [0.5, 0.6) is 0 Å². The molecule has 0 N–H and O–H groups in total. The highest BCUT2D eigenvalue weighted by Gasteiger charge is 2.01. The van der Waals surface area contributed by atoms with Gasteiger partial charge in [0.05, 0.1) is 6.61 Å². The molecule has 0 aliphatic heterocycles. The third-order valence-corrected chi connectivity index (χ3v) is 1.92. The maximum absolute atomic E-state index is 5.03. The Kier molecular flexibility index (Phi) is 27.5. The molecule has 0 amide bonds. The van der Waals surface area contributed by atoms with Gasteiger partial charge in [0.25, 0.3) is 0 Å². The summed E-state index contributed by atoms with van der Waals surface area (Å²) >= 11 is 0. The van der Waals surface area contributed by atoms with Gasteiger partial charge in [0.15, 0.2) is 0 Å². The van der Waals surface area contributed by atoms with Crippen LogP contribution in [0, 0.1) is 0 Å². The van der Waals surface area contributed by atoms with Gasteiger partial charge in [0.2, 0.25) is 0 Å². The van der Waals surface area contributed by atoms with E-state index in [1.807, 2.05) is 13.8 Å². The Morgan fingerprint density at radius 3 is 1.65 bits per heavy atom. The zero-order valence-electron chi connectivity index (χ0n) is 13.5. The van der Waals surface area contributed by atoms with Crippen molar-refractivity contribution >= 4 is 0 Å². The number of ether oxygens (including phenoxy) is 1. The van der Waals surface area contributed by atoms with E-state index < -0.39 is 0 Å². The van der Waals surface area contributed by atoms with Crippen LogP contribution in [0.3, 0.4) is 0 Å². The number of nitrogens with zero attached hydrogens (tertiary/aromatic N) is 2. The van der Waals surface area contributed by atoms with Crippen molar-refractivity contribution in [2.75, 3.05) is 54.0 Å². The first-order valence-corrected chi connectivity index (χ1v) is 6.98. The lowest BCUT2D eigenvalue weighted by atomic mass is 10.4. The fourth-order valence-corrected chi connectivity index (χ4v) is 0.990. The molecule has 0 saturated carbocycles. The van der Waals surface area contributed by atoms with Gasteiger partial charge in [-0.3, -0.25) is 0 Å². The summed E-state index contributed by atoms with van der Waals surface area (Å²) in [4.78, 5) is 4.60. The lowest BCUT2D eigenvalue weighted by molar-refractivity contribution is 0.145. The van der Waals surface area contributed by atoms with Crippen LogP contribution in [-0.4, -0.2) is 63.8 Å². The molecule has 0 bridgehead atoms. The predicted octanol–water partition coefficient (Wildman–Crippen LogP) is 2.96. The highest BCUT2D eigenvalue weighted by atomic mass is 16.5. The summed E-state index contributed by atoms with van der Waals surface area (Å²) < 4.78 is 5.03. The van der Waals surface area contributed by atoms with Crippen molar-refractivity contribution in [3.63, 3.8) is 0 Å². The minimum Gasteiger partial charge on any atom is -0.383 e. The van der Waals surface area contributed by atoms with Gasteiger partial charge < -0.3 is 14.5 Å². The molecule has 0 radical (unpaired) electrons. The second kappa shape index (κ2) is 21.2. The van der Waals surface area contributed by atoms with Crippen LogP contribution >= 0.6 is 0 Å². The molecule has 0 aromatic heterocycles. The summed E-state index contributed by atoms with van der Waals surface area (Å²) in [6.45, 7) is 15.7. The Morgan fingerprint density at radius 2 is 1.35 bits per heavy atom. The van der Waals surface area contributed by atoms with E-state index in [9.17, 15) is 0 Å². The summed E-state index contributed by atoms with van der Waals surface area (Å²) in [5.74, 6) is 0. The van der Waals surface area contributed by atoms with Gasteiger partial charge in [0.1, 0.15) is 0 Å². The fourth-order valence-electron chi connectivity index (χ4n) is 0.990. The van der Waals surface area contributed by atoms with E-state index in [0.29, 0.717) is 0 Å². The molecule has 0 aliphatic carbocycles. The SMILES string of the molecule is CC.CCC.CCN(CCOC)CCN(C)C. The van der Waals surface area contributed by atoms with Crippen LogP contribution in [-0.2, 0) is 4.74 Å². The first kappa shape index (κ1) is 22.1. The zero-order chi connectivity index (χ0) is 14.1. The van der Waals surface area contributed by atoms with Gasteiger partial charge in [-0.2, -0.15) is 0 Å². The van der Waals surface area contributed by atoms with Gasteiger partial charge in [-0.05, 0) is 20.6 Å². The zero-order valence-corrected chi connectivity index (χ0v) is 13.5. The summed E-state index contributed by atoms with van der Waals surface area (Å²) in [7, 11) is 5.95. The summed E-state index contributed by atoms with van der Waals surface area (Å²) in [5.41, 5.74) is 0. The lowest BCUT2D eigenvalue weighted by Crippen LogP contribution is -2.33. The third-order valence-electron chi connectivity index (χ3n) is 1.92. The van der Waals surface area contributed by atoms with Crippen LogP contribution < -0.4 is 0 Å². The Labute approximate surface area is 110 Å². The van der Waals surface area contributed by atoms with Crippen molar-refractivity contribution < 1.29 is 4.74 Å². The van der Waals surface area contributed by atoms with Crippen LogP contribution in [0.15, 0.2) is 0 Å². The number of methoxy groups -OCH3 is 1. The molecule has 108 valence electrons. The van der Waals surface area contributed by atoms with E-state index >= 15 is 0 Å². The van der Waals surface area contributed by atoms with Crippen molar-refractivity contribution in [3.8, 4) is 0 Å². The summed E-state index contributed by atoms with van der Waals surface area (Å²) in [6.07, 6.45) is 1.25. The fraction of sp³-hybridized carbons (Fsp3) is 1.00. The topological polar surface area (TPSA) is 15.7 Å². The van der Waals surface area contributed by atoms with E-state index in [1.165, 1.54) is 6.42 Å². The third kappa shape index (κ3) is 25.8. The largest absolute Gasteiger partial charge is 0.383 e. The minimum absolute atomic E-state index is 0.835. The average Bonchev–Trinajstić information content (AvgIpc) is 2.33. The smallest absolute Gasteiger partial charge is 0.0589 e. The maximum Gasteiger partial charge on any atom is 0.0589 e. The summed E-state index contributed by atoms with van der Waals surface area (Å²) in [5, 5.41) is 0. The lowest BCUT2D eigenvalue weighted by Gasteiger charge is -2.21. The molecule has 0 rings (SSSR count). The number of hydrogen-bond acceptors (Lipinski definition) is 3. The molecule has 0 fully saturated rings. The van der Waals surface area contributed by atoms with Crippen molar-refractivity contribution in [1.29, 1.82) is 0 Å². The number of hydrogen-bond donors (Lipinski definition) is 0. The minimum atomic E-state index is 0.835. The Bertz CT molecular complexity index is 108. The Morgan fingerprint density at radius 1 is 0.882 bits per heavy atom. The number of rotatable bonds is 7. The van der Waals surface area contributed by atoms with E-state index in [1.54, 1.807) is 7.11 Å². The van der Waals surface area contributed by atoms with E-state index in [2.05, 4.69) is 44.7 Å². The standard InChI is InChI=1S/C9H22N2O.C3H8.C2H6/c1-5-11(8-9-12-4)7-6-10(2)3;1-3-2;1-2/h5-9H2,1-4H3;3H2,1-2H3;1-2H3. The first-order chi connectivity index (χ1) is 8.12. The molecule has 0 aromatic carbocycles. The molecule has 0 heterocycles. The van der Waals surface area contributed by atoms with E-state index in [-0.39, 0.29) is 0 Å². The van der Waals surface area contributed by atoms with E-state index in [0.717, 1.165) is 32.8 Å². The molecule has 3 heteroatoms. The van der Waals surface area contributed by atoms with Crippen LogP contribution in [0.4, 0.5) is 0 Å². The van der Waals surface area contributed by atoms with Crippen molar-refractivity contribution in [1.82, 2.24) is 9.80 Å². The van der Waals surface area contributed by atoms with Gasteiger partial charge in [-0.15, -0.1) is 0 Å². The molecule has 0 saturated heterocycles. The molecule has 17 heavy (non-hydrogen) atoms. The van der Waals surface area contributed by atoms with Crippen molar-refractivity contribution in [3.05, 3.63) is 0 Å². The maximum atomic E-state index is 5.03. The molecular formula is C14H36N2O. The second-order valence-electron chi connectivity index (χ2n) is 3.94. The average molecular weight is 248 g/mol. The molecule has 0 aromatic rings. The van der Waals surface area contributed by atoms with Gasteiger partial charge in [-0.1, -0.05) is 41.0 Å². The Hall–Kier alpha value is -0.120. The highest BCUT2D eigenvalue weighted by molar-refractivity contribution is 4.56. The summed E-state index contributed by atoms with van der Waals surface area (Å²) in [6, 6.07) is 0. The van der Waals surface area contributed by atoms with Crippen LogP contribution in [0.25, 0.3) is 0 Å². The molecule has 0 aliphatic rings. The van der Waals surface area contributed by atoms with Gasteiger partial charge in [-0.25, -0.2) is 0 Å². The normalized spacial score (nSPS) is 9.53. The van der Waals surface area contributed by atoms with Gasteiger partial charge in [0, 0.05) is 26.7 Å². The number of likely N-dealkylation sites (N-methyl/N-ethyl adjacent to an activating group) is 2. The van der Waals surface area contributed by atoms with Gasteiger partial charge >= 0.3 is 0 Å². The van der Waals surface area contributed by atoms with Crippen LogP contribution in [0.2, 0.25) is 0 Å². The molecule has 0 unspecified atom stereocenters. The Balaban J connectivity index is -0.000000337. The molecule has 3 nitrogen and oxygen atoms in total. The molecule has 0 atom stereocenters. The predicted molar refractivity (Wildman–Crippen MR) is 79.9 cm³/mol. The second-order valence-corrected chi connectivity index (χ2v) is 3.94. The monoisotopic (exact) mass is 248 g/mol. The highest BCUT2D eigenvalue weighted by Crippen LogP contribution is 1.88. The van der Waals surface area contributed by atoms with Crippen LogP contribution in [0.1, 0.15) is 41.0 Å². The van der Waals surface area contributed by atoms with Crippen molar-refractivity contribution in [2.24, 2.45) is 0 Å². The van der Waals surface area contributed by atoms with E-state index in [4.69, 9.17) is 4.74 Å². The molecular weight excluding hydrogens is 212 g/mol. The first-order valence-electron chi connectivity index (χ1n) is 6.98. The molecule has 0 spiro atoms.